The molecule has 0 spiro atoms. The number of anilines is 2. The maximum atomic E-state index is 12.7. The first-order chi connectivity index (χ1) is 16.5. The number of carbonyl (C=O) groups is 2. The van der Waals surface area contributed by atoms with E-state index in [4.69, 9.17) is 13.9 Å². The summed E-state index contributed by atoms with van der Waals surface area (Å²) in [5.74, 6) is 0.688. The molecule has 9 nitrogen and oxygen atoms in total. The van der Waals surface area contributed by atoms with Crippen molar-refractivity contribution >= 4 is 35.3 Å². The number of hydrogen-bond donors (Lipinski definition) is 1. The average molecular weight is 483 g/mol. The minimum absolute atomic E-state index is 0.0106. The van der Waals surface area contributed by atoms with Crippen LogP contribution in [0.4, 0.5) is 11.7 Å². The molecule has 0 bridgehead atoms. The van der Waals surface area contributed by atoms with Gasteiger partial charge in [0.1, 0.15) is 0 Å². The largest absolute Gasteiger partial charge is 0.490 e. The number of thioether (sulfide) groups is 1. The van der Waals surface area contributed by atoms with E-state index >= 15 is 0 Å². The first kappa shape index (κ1) is 23.6. The number of nitrogens with one attached hydrogen (secondary N) is 1. The van der Waals surface area contributed by atoms with E-state index < -0.39 is 5.91 Å². The van der Waals surface area contributed by atoms with Crippen molar-refractivity contribution in [3.63, 3.8) is 0 Å². The summed E-state index contributed by atoms with van der Waals surface area (Å²) in [4.78, 5) is 28.1. The van der Waals surface area contributed by atoms with Crippen LogP contribution in [0, 0.1) is 0 Å². The van der Waals surface area contributed by atoms with Crippen molar-refractivity contribution in [1.29, 1.82) is 0 Å². The van der Waals surface area contributed by atoms with Gasteiger partial charge in [0.25, 0.3) is 5.91 Å². The number of ether oxygens (including phenoxy) is 2. The predicted molar refractivity (Wildman–Crippen MR) is 129 cm³/mol. The molecule has 1 saturated heterocycles. The van der Waals surface area contributed by atoms with E-state index in [0.717, 1.165) is 10.6 Å². The molecule has 0 aliphatic carbocycles. The van der Waals surface area contributed by atoms with Crippen molar-refractivity contribution in [3.05, 3.63) is 53.9 Å². The molecule has 3 aromatic rings. The Kier molecular flexibility index (Phi) is 7.36. The van der Waals surface area contributed by atoms with Crippen LogP contribution in [0.2, 0.25) is 0 Å². The maximum absolute atomic E-state index is 12.7. The standard InChI is InChI=1S/C24H26N4O5S/c1-4-31-19-11-6-15(12-20(19)32-5-2)22(30)25-24-27-26-23(33-24)16-13-21(29)28(14-16)17-7-9-18(34-3)10-8-17/h6-12,16H,4-5,13-14H2,1-3H3,(H,25,27,30)/t16-/m0/s1. The molecule has 1 N–H and O–H groups in total. The molecule has 1 aliphatic rings. The molecule has 4 rings (SSSR count). The van der Waals surface area contributed by atoms with E-state index in [-0.39, 0.29) is 24.3 Å². The Balaban J connectivity index is 1.43. The van der Waals surface area contributed by atoms with E-state index in [9.17, 15) is 9.59 Å². The van der Waals surface area contributed by atoms with Gasteiger partial charge in [0.05, 0.1) is 19.1 Å². The zero-order valence-electron chi connectivity index (χ0n) is 19.2. The van der Waals surface area contributed by atoms with E-state index in [1.54, 1.807) is 34.9 Å². The SMILES string of the molecule is CCOc1ccc(C(=O)Nc2nnc([C@H]3CC(=O)N(c4ccc(SC)cc4)C3)o2)cc1OCC. The molecular weight excluding hydrogens is 456 g/mol. The Labute approximate surface area is 201 Å². The third-order valence-electron chi connectivity index (χ3n) is 5.33. The number of hydrogen-bond acceptors (Lipinski definition) is 8. The van der Waals surface area contributed by atoms with Crippen LogP contribution in [0.3, 0.4) is 0 Å². The molecule has 2 heterocycles. The zero-order valence-corrected chi connectivity index (χ0v) is 20.1. The van der Waals surface area contributed by atoms with Crippen LogP contribution < -0.4 is 19.7 Å². The van der Waals surface area contributed by atoms with Crippen LogP contribution >= 0.6 is 11.8 Å². The lowest BCUT2D eigenvalue weighted by molar-refractivity contribution is -0.117. The fourth-order valence-electron chi connectivity index (χ4n) is 3.70. The first-order valence-corrected chi connectivity index (χ1v) is 12.2. The normalized spacial score (nSPS) is 15.4. The molecule has 1 aliphatic heterocycles. The van der Waals surface area contributed by atoms with Crippen molar-refractivity contribution in [2.75, 3.05) is 36.2 Å². The van der Waals surface area contributed by atoms with Crippen LogP contribution in [0.5, 0.6) is 11.5 Å². The molecule has 1 fully saturated rings. The highest BCUT2D eigenvalue weighted by Crippen LogP contribution is 2.33. The average Bonchev–Trinajstić information content (AvgIpc) is 3.47. The van der Waals surface area contributed by atoms with Gasteiger partial charge in [-0.05, 0) is 62.6 Å². The van der Waals surface area contributed by atoms with Gasteiger partial charge >= 0.3 is 6.01 Å². The van der Waals surface area contributed by atoms with Crippen molar-refractivity contribution in [1.82, 2.24) is 10.2 Å². The van der Waals surface area contributed by atoms with Gasteiger partial charge in [0.2, 0.25) is 11.8 Å². The van der Waals surface area contributed by atoms with Gasteiger partial charge in [0, 0.05) is 29.1 Å². The van der Waals surface area contributed by atoms with Gasteiger partial charge in [0.15, 0.2) is 11.5 Å². The lowest BCUT2D eigenvalue weighted by Gasteiger charge is -2.16. The number of rotatable bonds is 9. The molecular formula is C24H26N4O5S. The second kappa shape index (κ2) is 10.6. The summed E-state index contributed by atoms with van der Waals surface area (Å²) in [5, 5.41) is 10.6. The fraction of sp³-hybridized carbons (Fsp3) is 0.333. The van der Waals surface area contributed by atoms with Gasteiger partial charge in [-0.25, -0.2) is 0 Å². The molecule has 1 aromatic heterocycles. The summed E-state index contributed by atoms with van der Waals surface area (Å²) in [5.41, 5.74) is 1.20. The fourth-order valence-corrected chi connectivity index (χ4v) is 4.10. The number of amides is 2. The minimum atomic E-state index is -0.419. The van der Waals surface area contributed by atoms with E-state index in [1.165, 1.54) is 0 Å². The summed E-state index contributed by atoms with van der Waals surface area (Å²) >= 11 is 1.65. The number of aromatic nitrogens is 2. The van der Waals surface area contributed by atoms with Crippen molar-refractivity contribution in [2.24, 2.45) is 0 Å². The second-order valence-corrected chi connectivity index (χ2v) is 8.41. The van der Waals surface area contributed by atoms with Crippen LogP contribution in [0.25, 0.3) is 0 Å². The highest BCUT2D eigenvalue weighted by Gasteiger charge is 2.35. The highest BCUT2D eigenvalue weighted by molar-refractivity contribution is 7.98. The number of nitrogens with zero attached hydrogens (tertiary/aromatic N) is 3. The summed E-state index contributed by atoms with van der Waals surface area (Å²) < 4.78 is 16.8. The topological polar surface area (TPSA) is 107 Å². The smallest absolute Gasteiger partial charge is 0.322 e. The Morgan fingerprint density at radius 3 is 2.56 bits per heavy atom. The molecule has 1 atom stereocenters. The molecule has 0 unspecified atom stereocenters. The van der Waals surface area contributed by atoms with E-state index in [2.05, 4.69) is 15.5 Å². The van der Waals surface area contributed by atoms with Crippen molar-refractivity contribution in [3.8, 4) is 11.5 Å². The van der Waals surface area contributed by atoms with Crippen molar-refractivity contribution < 1.29 is 23.5 Å². The van der Waals surface area contributed by atoms with Crippen LogP contribution in [0.1, 0.15) is 42.4 Å². The summed E-state index contributed by atoms with van der Waals surface area (Å²) in [7, 11) is 0. The summed E-state index contributed by atoms with van der Waals surface area (Å²) in [6.45, 7) is 5.10. The monoisotopic (exact) mass is 482 g/mol. The third kappa shape index (κ3) is 5.17. The highest BCUT2D eigenvalue weighted by atomic mass is 32.2. The third-order valence-corrected chi connectivity index (χ3v) is 6.07. The molecule has 0 radical (unpaired) electrons. The maximum Gasteiger partial charge on any atom is 0.322 e. The van der Waals surface area contributed by atoms with Crippen molar-refractivity contribution in [2.45, 2.75) is 31.1 Å². The van der Waals surface area contributed by atoms with Gasteiger partial charge in [-0.15, -0.1) is 16.9 Å². The van der Waals surface area contributed by atoms with Gasteiger partial charge < -0.3 is 18.8 Å². The number of benzene rings is 2. The quantitative estimate of drug-likeness (QED) is 0.448. The lowest BCUT2D eigenvalue weighted by atomic mass is 10.1. The molecule has 178 valence electrons. The second-order valence-electron chi connectivity index (χ2n) is 7.53. The van der Waals surface area contributed by atoms with Crippen LogP contribution in [-0.4, -0.2) is 48.0 Å². The Bertz CT molecular complexity index is 1160. The Hall–Kier alpha value is -3.53. The first-order valence-electron chi connectivity index (χ1n) is 11.0. The lowest BCUT2D eigenvalue weighted by Crippen LogP contribution is -2.24. The van der Waals surface area contributed by atoms with Gasteiger partial charge in [-0.2, -0.15) is 0 Å². The van der Waals surface area contributed by atoms with Gasteiger partial charge in [-0.1, -0.05) is 5.10 Å². The molecule has 34 heavy (non-hydrogen) atoms. The molecule has 0 saturated carbocycles. The Morgan fingerprint density at radius 1 is 1.12 bits per heavy atom. The molecule has 10 heteroatoms. The minimum Gasteiger partial charge on any atom is -0.490 e. The summed E-state index contributed by atoms with van der Waals surface area (Å²) in [6, 6.07) is 12.7. The Morgan fingerprint density at radius 2 is 1.85 bits per heavy atom. The summed E-state index contributed by atoms with van der Waals surface area (Å²) in [6.07, 6.45) is 2.27. The number of carbonyl (C=O) groups excluding carboxylic acids is 2. The zero-order chi connectivity index (χ0) is 24.1. The predicted octanol–water partition coefficient (Wildman–Crippen LogP) is 4.36. The van der Waals surface area contributed by atoms with E-state index in [0.29, 0.717) is 42.7 Å². The molecule has 2 aromatic carbocycles. The van der Waals surface area contributed by atoms with Crippen LogP contribution in [0.15, 0.2) is 51.8 Å². The van der Waals surface area contributed by atoms with Gasteiger partial charge in [-0.3, -0.25) is 14.9 Å². The molecule has 2 amide bonds. The van der Waals surface area contributed by atoms with Crippen LogP contribution in [-0.2, 0) is 4.79 Å². The van der Waals surface area contributed by atoms with E-state index in [1.807, 2.05) is 44.4 Å².